The first kappa shape index (κ1) is 29.8. The first-order valence-corrected chi connectivity index (χ1v) is 12.3. The third kappa shape index (κ3) is 8.12. The van der Waals surface area contributed by atoms with E-state index < -0.39 is 66.9 Å². The number of carboxylic acid groups (broad SMARTS) is 2. The third-order valence-electron chi connectivity index (χ3n) is 6.14. The Morgan fingerprint density at radius 2 is 1.55 bits per heavy atom. The number of aliphatic hydroxyl groups excluding tert-OH is 1. The molecule has 0 fully saturated rings. The number of nitrogens with one attached hydrogen (secondary N) is 5. The maximum absolute atomic E-state index is 13.4. The zero-order valence-electron chi connectivity index (χ0n) is 21.3. The maximum Gasteiger partial charge on any atom is 0.326 e. The Morgan fingerprint density at radius 1 is 0.900 bits per heavy atom. The highest BCUT2D eigenvalue weighted by Crippen LogP contribution is 2.19. The van der Waals surface area contributed by atoms with E-state index >= 15 is 0 Å². The molecule has 0 aliphatic rings. The van der Waals surface area contributed by atoms with Crippen LogP contribution in [0.15, 0.2) is 43.0 Å². The number of carbonyl (C=O) groups is 5. The predicted octanol–water partition coefficient (Wildman–Crippen LogP) is -1.60. The molecule has 0 spiro atoms. The molecule has 10 N–H and O–H groups in total. The van der Waals surface area contributed by atoms with Gasteiger partial charge in [-0.05, 0) is 18.1 Å². The second kappa shape index (κ2) is 13.9. The second-order valence-electron chi connectivity index (χ2n) is 9.09. The van der Waals surface area contributed by atoms with Crippen molar-refractivity contribution in [1.29, 1.82) is 0 Å². The van der Waals surface area contributed by atoms with Gasteiger partial charge in [0, 0.05) is 48.3 Å². The van der Waals surface area contributed by atoms with Crippen molar-refractivity contribution in [2.45, 2.75) is 49.9 Å². The lowest BCUT2D eigenvalue weighted by Gasteiger charge is -2.25. The van der Waals surface area contributed by atoms with Gasteiger partial charge in [-0.2, -0.15) is 0 Å². The molecule has 0 saturated carbocycles. The Kier molecular flexibility index (Phi) is 10.3. The molecule has 0 aliphatic carbocycles. The molecule has 4 unspecified atom stereocenters. The molecule has 3 amide bonds. The number of aromatic nitrogens is 3. The summed E-state index contributed by atoms with van der Waals surface area (Å²) < 4.78 is 0. The van der Waals surface area contributed by atoms with E-state index in [0.29, 0.717) is 11.3 Å². The molecule has 15 nitrogen and oxygen atoms in total. The van der Waals surface area contributed by atoms with Gasteiger partial charge < -0.3 is 47.0 Å². The summed E-state index contributed by atoms with van der Waals surface area (Å²) in [5.41, 5.74) is 7.48. The normalized spacial score (nSPS) is 14.1. The number of fused-ring (bicyclic) bond motifs is 1. The van der Waals surface area contributed by atoms with E-state index in [2.05, 4.69) is 30.9 Å². The predicted molar refractivity (Wildman–Crippen MR) is 140 cm³/mol. The topological polar surface area (TPSA) is 253 Å². The lowest BCUT2D eigenvalue weighted by Crippen LogP contribution is -2.58. The average Bonchev–Trinajstić information content (AvgIpc) is 3.59. The Morgan fingerprint density at radius 3 is 2.17 bits per heavy atom. The van der Waals surface area contributed by atoms with Gasteiger partial charge in [-0.3, -0.25) is 19.2 Å². The van der Waals surface area contributed by atoms with Crippen LogP contribution in [-0.4, -0.2) is 90.7 Å². The van der Waals surface area contributed by atoms with E-state index in [4.69, 9.17) is 10.8 Å². The number of aliphatic carboxylic acids is 2. The summed E-state index contributed by atoms with van der Waals surface area (Å²) in [5.74, 6) is -5.13. The van der Waals surface area contributed by atoms with Crippen LogP contribution >= 0.6 is 0 Å². The van der Waals surface area contributed by atoms with E-state index in [-0.39, 0.29) is 19.3 Å². The number of nitrogens with two attached hydrogens (primary N) is 1. The van der Waals surface area contributed by atoms with E-state index in [1.54, 1.807) is 12.3 Å². The largest absolute Gasteiger partial charge is 0.481 e. The summed E-state index contributed by atoms with van der Waals surface area (Å²) in [5, 5.41) is 35.8. The number of H-pyrrole nitrogens is 2. The summed E-state index contributed by atoms with van der Waals surface area (Å²) >= 11 is 0. The van der Waals surface area contributed by atoms with Crippen LogP contribution in [0.25, 0.3) is 10.9 Å². The standard InChI is InChI=1S/C25H31N7O8/c26-16(11-33)22(36)31-20(8-14-10-27-12-29-14)24(38)32-19(7-13-9-28-17-4-2-1-3-15(13)17)23(37)30-18(25(39)40)5-6-21(34)35/h1-4,9-10,12,16,18-20,28,33H,5-8,11,26H2,(H,27,29)(H,30,37)(H,31,36)(H,32,38)(H,34,35)(H,39,40). The van der Waals surface area contributed by atoms with Crippen LogP contribution in [0.4, 0.5) is 0 Å². The third-order valence-corrected chi connectivity index (χ3v) is 6.14. The van der Waals surface area contributed by atoms with E-state index in [0.717, 1.165) is 10.9 Å². The number of aliphatic hydroxyl groups is 1. The van der Waals surface area contributed by atoms with Crippen LogP contribution in [0.2, 0.25) is 0 Å². The van der Waals surface area contributed by atoms with Crippen molar-refractivity contribution in [2.75, 3.05) is 6.61 Å². The molecular formula is C25H31N7O8. The summed E-state index contributed by atoms with van der Waals surface area (Å²) in [4.78, 5) is 71.5. The van der Waals surface area contributed by atoms with Crippen LogP contribution in [0.1, 0.15) is 24.1 Å². The summed E-state index contributed by atoms with van der Waals surface area (Å²) in [6.07, 6.45) is 3.47. The van der Waals surface area contributed by atoms with Crippen molar-refractivity contribution in [3.63, 3.8) is 0 Å². The number of para-hydroxylation sites is 1. The number of nitrogens with zero attached hydrogens (tertiary/aromatic N) is 1. The molecule has 0 radical (unpaired) electrons. The fourth-order valence-corrected chi connectivity index (χ4v) is 3.99. The van der Waals surface area contributed by atoms with Crippen molar-refractivity contribution >= 4 is 40.6 Å². The molecule has 214 valence electrons. The number of amides is 3. The molecule has 1 aromatic carbocycles. The van der Waals surface area contributed by atoms with Gasteiger partial charge >= 0.3 is 11.9 Å². The van der Waals surface area contributed by atoms with Crippen LogP contribution in [0.5, 0.6) is 0 Å². The highest BCUT2D eigenvalue weighted by molar-refractivity contribution is 5.95. The molecule has 40 heavy (non-hydrogen) atoms. The van der Waals surface area contributed by atoms with Gasteiger partial charge in [0.25, 0.3) is 0 Å². The number of imidazole rings is 1. The molecular weight excluding hydrogens is 526 g/mol. The maximum atomic E-state index is 13.4. The molecule has 2 heterocycles. The van der Waals surface area contributed by atoms with Crippen LogP contribution in [0, 0.1) is 0 Å². The molecule has 0 bridgehead atoms. The molecule has 3 aromatic rings. The Balaban J connectivity index is 1.87. The molecule has 0 aliphatic heterocycles. The summed E-state index contributed by atoms with van der Waals surface area (Å²) in [6, 6.07) is 1.86. The lowest BCUT2D eigenvalue weighted by atomic mass is 10.0. The zero-order valence-corrected chi connectivity index (χ0v) is 21.3. The van der Waals surface area contributed by atoms with Gasteiger partial charge in [0.15, 0.2) is 0 Å². The fourth-order valence-electron chi connectivity index (χ4n) is 3.99. The lowest BCUT2D eigenvalue weighted by molar-refractivity contribution is -0.143. The summed E-state index contributed by atoms with van der Waals surface area (Å²) in [7, 11) is 0. The molecule has 3 rings (SSSR count). The molecule has 2 aromatic heterocycles. The van der Waals surface area contributed by atoms with Crippen molar-refractivity contribution in [2.24, 2.45) is 5.73 Å². The summed E-state index contributed by atoms with van der Waals surface area (Å²) in [6.45, 7) is -0.664. The number of hydrogen-bond acceptors (Lipinski definition) is 8. The quantitative estimate of drug-likeness (QED) is 0.103. The molecule has 4 atom stereocenters. The number of hydrogen-bond donors (Lipinski definition) is 9. The first-order chi connectivity index (χ1) is 19.1. The van der Waals surface area contributed by atoms with Gasteiger partial charge in [0.05, 0.1) is 12.9 Å². The van der Waals surface area contributed by atoms with Crippen LogP contribution in [0.3, 0.4) is 0 Å². The minimum atomic E-state index is -1.52. The highest BCUT2D eigenvalue weighted by atomic mass is 16.4. The van der Waals surface area contributed by atoms with Gasteiger partial charge in [-0.25, -0.2) is 9.78 Å². The van der Waals surface area contributed by atoms with Crippen molar-refractivity contribution in [3.8, 4) is 0 Å². The monoisotopic (exact) mass is 557 g/mol. The van der Waals surface area contributed by atoms with Crippen molar-refractivity contribution < 1.29 is 39.3 Å². The fraction of sp³-hybridized carbons (Fsp3) is 0.360. The Labute approximate surface area is 227 Å². The minimum Gasteiger partial charge on any atom is -0.481 e. The number of carboxylic acids is 2. The number of carbonyl (C=O) groups excluding carboxylic acids is 3. The Bertz CT molecular complexity index is 1340. The number of rotatable bonds is 15. The molecule has 15 heteroatoms. The Hall–Kier alpha value is -4.76. The molecule has 0 saturated heterocycles. The van der Waals surface area contributed by atoms with Crippen molar-refractivity contribution in [3.05, 3.63) is 54.2 Å². The average molecular weight is 558 g/mol. The second-order valence-corrected chi connectivity index (χ2v) is 9.09. The van der Waals surface area contributed by atoms with Gasteiger partial charge in [0.1, 0.15) is 24.2 Å². The van der Waals surface area contributed by atoms with Gasteiger partial charge in [0.2, 0.25) is 17.7 Å². The zero-order chi connectivity index (χ0) is 29.2. The number of benzene rings is 1. The van der Waals surface area contributed by atoms with E-state index in [9.17, 15) is 34.2 Å². The smallest absolute Gasteiger partial charge is 0.326 e. The van der Waals surface area contributed by atoms with Crippen LogP contribution in [-0.2, 0) is 36.8 Å². The SMILES string of the molecule is NC(CO)C(=O)NC(Cc1cnc[nH]1)C(=O)NC(Cc1c[nH]c2ccccc12)C(=O)NC(CCC(=O)O)C(=O)O. The van der Waals surface area contributed by atoms with Crippen molar-refractivity contribution in [1.82, 2.24) is 30.9 Å². The highest BCUT2D eigenvalue weighted by Gasteiger charge is 2.31. The van der Waals surface area contributed by atoms with Crippen LogP contribution < -0.4 is 21.7 Å². The minimum absolute atomic E-state index is 0.0618. The van der Waals surface area contributed by atoms with E-state index in [1.165, 1.54) is 12.5 Å². The van der Waals surface area contributed by atoms with Gasteiger partial charge in [-0.1, -0.05) is 18.2 Å². The number of aromatic amines is 2. The van der Waals surface area contributed by atoms with Gasteiger partial charge in [-0.15, -0.1) is 0 Å². The van der Waals surface area contributed by atoms with E-state index in [1.807, 2.05) is 18.2 Å². The first-order valence-electron chi connectivity index (χ1n) is 12.3.